The largest absolute Gasteiger partial charge is 1.00 e. The Morgan fingerprint density at radius 3 is 2.21 bits per heavy atom. The van der Waals surface area contributed by atoms with Crippen LogP contribution in [0.2, 0.25) is 0 Å². The van der Waals surface area contributed by atoms with Crippen LogP contribution in [0.3, 0.4) is 0 Å². The van der Waals surface area contributed by atoms with Crippen molar-refractivity contribution in [2.24, 2.45) is 0 Å². The van der Waals surface area contributed by atoms with Gasteiger partial charge in [0.15, 0.2) is 6.17 Å². The molecule has 1 amide bonds. The first kappa shape index (κ1) is 15.9. The van der Waals surface area contributed by atoms with E-state index in [4.69, 9.17) is 0 Å². The molecule has 1 unspecified atom stereocenters. The van der Waals surface area contributed by atoms with Gasteiger partial charge in [0.1, 0.15) is 0 Å². The van der Waals surface area contributed by atoms with Crippen molar-refractivity contribution >= 4 is 5.91 Å². The first-order chi connectivity index (χ1) is 5.91. The van der Waals surface area contributed by atoms with Gasteiger partial charge in [0, 0.05) is 6.42 Å². The van der Waals surface area contributed by atoms with E-state index in [9.17, 15) is 4.79 Å². The van der Waals surface area contributed by atoms with Crippen molar-refractivity contribution in [1.29, 1.82) is 0 Å². The maximum Gasteiger partial charge on any atom is 0.248 e. The molecule has 0 bridgehead atoms. The average molecular weight is 221 g/mol. The number of quaternary nitrogens is 1. The van der Waals surface area contributed by atoms with Gasteiger partial charge in [-0.15, -0.1) is 0 Å². The normalized spacial score (nSPS) is 13.5. The van der Waals surface area contributed by atoms with Gasteiger partial charge in [-0.25, -0.2) is 0 Å². The highest BCUT2D eigenvalue weighted by Gasteiger charge is 2.22. The number of allylic oxidation sites excluding steroid dienone is 1. The molecule has 0 saturated carbocycles. The summed E-state index contributed by atoms with van der Waals surface area (Å²) in [6.07, 6.45) is 4.42. The van der Waals surface area contributed by atoms with Crippen LogP contribution in [0.25, 0.3) is 0 Å². The van der Waals surface area contributed by atoms with Crippen LogP contribution in [0.5, 0.6) is 0 Å². The third-order valence-corrected chi connectivity index (χ3v) is 1.95. The Bertz CT molecular complexity index is 197. The van der Waals surface area contributed by atoms with Crippen LogP contribution in [-0.2, 0) is 4.79 Å². The van der Waals surface area contributed by atoms with Crippen LogP contribution < -0.4 is 17.7 Å². The summed E-state index contributed by atoms with van der Waals surface area (Å²) in [5.41, 5.74) is 0. The predicted octanol–water partition coefficient (Wildman–Crippen LogP) is -1.87. The molecule has 0 fully saturated rings. The molecular formula is C10H21ClN2O. The molecule has 0 aromatic rings. The van der Waals surface area contributed by atoms with E-state index in [1.165, 1.54) is 0 Å². The van der Waals surface area contributed by atoms with Gasteiger partial charge in [-0.3, -0.25) is 4.79 Å². The topological polar surface area (TPSA) is 29.1 Å². The van der Waals surface area contributed by atoms with Gasteiger partial charge in [0.05, 0.1) is 21.1 Å². The molecule has 0 aliphatic heterocycles. The minimum Gasteiger partial charge on any atom is -1.00 e. The van der Waals surface area contributed by atoms with Gasteiger partial charge in [0.25, 0.3) is 0 Å². The van der Waals surface area contributed by atoms with Gasteiger partial charge in [-0.1, -0.05) is 13.0 Å². The molecule has 14 heavy (non-hydrogen) atoms. The number of carbonyl (C=O) groups excluding carboxylic acids is 1. The number of nitrogens with zero attached hydrogens (tertiary/aromatic N) is 1. The van der Waals surface area contributed by atoms with E-state index in [1.807, 2.05) is 6.92 Å². The van der Waals surface area contributed by atoms with E-state index in [2.05, 4.69) is 33.4 Å². The molecule has 1 N–H and O–H groups in total. The average Bonchev–Trinajstić information content (AvgIpc) is 1.98. The zero-order chi connectivity index (χ0) is 10.5. The predicted molar refractivity (Wildman–Crippen MR) is 55.1 cm³/mol. The van der Waals surface area contributed by atoms with E-state index in [0.29, 0.717) is 0 Å². The summed E-state index contributed by atoms with van der Waals surface area (Å²) in [5, 5.41) is 2.95. The van der Waals surface area contributed by atoms with Crippen LogP contribution in [0.4, 0.5) is 0 Å². The number of hydrogen-bond donors (Lipinski definition) is 1. The van der Waals surface area contributed by atoms with Gasteiger partial charge in [-0.05, 0) is 13.0 Å². The lowest BCUT2D eigenvalue weighted by Gasteiger charge is -2.33. The fourth-order valence-electron chi connectivity index (χ4n) is 1.21. The highest BCUT2D eigenvalue weighted by atomic mass is 35.5. The lowest BCUT2D eigenvalue weighted by molar-refractivity contribution is -0.898. The SMILES string of the molecule is CC=CC(=O)NC(CC)[N+](C)(C)C.[Cl-]. The summed E-state index contributed by atoms with van der Waals surface area (Å²) in [6, 6.07) is 0. The molecule has 0 radical (unpaired) electrons. The molecule has 0 saturated heterocycles. The van der Waals surface area contributed by atoms with Crippen molar-refractivity contribution in [3.05, 3.63) is 12.2 Å². The molecule has 3 nitrogen and oxygen atoms in total. The smallest absolute Gasteiger partial charge is 0.248 e. The van der Waals surface area contributed by atoms with Gasteiger partial charge >= 0.3 is 0 Å². The van der Waals surface area contributed by atoms with Crippen molar-refractivity contribution in [2.45, 2.75) is 26.4 Å². The Morgan fingerprint density at radius 1 is 1.43 bits per heavy atom. The van der Waals surface area contributed by atoms with Gasteiger partial charge in [-0.2, -0.15) is 0 Å². The first-order valence-corrected chi connectivity index (χ1v) is 4.66. The molecule has 0 rings (SSSR count). The molecule has 0 aromatic carbocycles. The van der Waals surface area contributed by atoms with Crippen LogP contribution in [-0.4, -0.2) is 37.7 Å². The summed E-state index contributed by atoms with van der Waals surface area (Å²) in [4.78, 5) is 11.3. The second-order valence-corrected chi connectivity index (χ2v) is 4.05. The molecule has 0 aliphatic carbocycles. The fraction of sp³-hybridized carbons (Fsp3) is 0.700. The molecule has 0 aromatic heterocycles. The van der Waals surface area contributed by atoms with Crippen molar-refractivity contribution < 1.29 is 21.7 Å². The third kappa shape index (κ3) is 6.00. The summed E-state index contributed by atoms with van der Waals surface area (Å²) in [5.74, 6) is -0.0117. The Labute approximate surface area is 93.2 Å². The number of halogens is 1. The molecular weight excluding hydrogens is 200 g/mol. The lowest BCUT2D eigenvalue weighted by Crippen LogP contribution is -3.00. The Balaban J connectivity index is 0. The number of amides is 1. The second-order valence-electron chi connectivity index (χ2n) is 4.05. The standard InChI is InChI=1S/C10H20N2O.ClH/c1-6-8-10(13)11-9(7-2)12(3,4)5;/h6,8-9H,7H2,1-5H3;1H. The zero-order valence-electron chi connectivity index (χ0n) is 9.67. The summed E-state index contributed by atoms with van der Waals surface area (Å²) in [7, 11) is 6.22. The van der Waals surface area contributed by atoms with Crippen LogP contribution in [0, 0.1) is 0 Å². The third-order valence-electron chi connectivity index (χ3n) is 1.95. The number of carbonyl (C=O) groups is 1. The first-order valence-electron chi connectivity index (χ1n) is 4.66. The molecule has 4 heteroatoms. The Morgan fingerprint density at radius 2 is 1.93 bits per heavy atom. The monoisotopic (exact) mass is 220 g/mol. The molecule has 0 heterocycles. The van der Waals surface area contributed by atoms with Crippen molar-refractivity contribution in [2.75, 3.05) is 21.1 Å². The maximum atomic E-state index is 11.3. The summed E-state index contributed by atoms with van der Waals surface area (Å²) >= 11 is 0. The van der Waals surface area contributed by atoms with Crippen LogP contribution >= 0.6 is 0 Å². The zero-order valence-corrected chi connectivity index (χ0v) is 10.4. The lowest BCUT2D eigenvalue weighted by atomic mass is 10.3. The number of nitrogens with one attached hydrogen (secondary N) is 1. The Kier molecular flexibility index (Phi) is 7.78. The minimum atomic E-state index is -0.0117. The summed E-state index contributed by atoms with van der Waals surface area (Å²) < 4.78 is 0.750. The van der Waals surface area contributed by atoms with Crippen molar-refractivity contribution in [1.82, 2.24) is 5.32 Å². The van der Waals surface area contributed by atoms with Gasteiger partial charge in [0.2, 0.25) is 5.91 Å². The highest BCUT2D eigenvalue weighted by Crippen LogP contribution is 2.03. The van der Waals surface area contributed by atoms with E-state index >= 15 is 0 Å². The fourth-order valence-corrected chi connectivity index (χ4v) is 1.21. The van der Waals surface area contributed by atoms with Crippen LogP contribution in [0.1, 0.15) is 20.3 Å². The number of hydrogen-bond acceptors (Lipinski definition) is 1. The molecule has 1 atom stereocenters. The second kappa shape index (κ2) is 6.85. The molecule has 84 valence electrons. The molecule has 0 spiro atoms. The quantitative estimate of drug-likeness (QED) is 0.336. The summed E-state index contributed by atoms with van der Waals surface area (Å²) in [6.45, 7) is 3.91. The minimum absolute atomic E-state index is 0. The Hall–Kier alpha value is -0.540. The van der Waals surface area contributed by atoms with Crippen molar-refractivity contribution in [3.8, 4) is 0 Å². The van der Waals surface area contributed by atoms with E-state index < -0.39 is 0 Å². The van der Waals surface area contributed by atoms with E-state index in [-0.39, 0.29) is 24.5 Å². The van der Waals surface area contributed by atoms with E-state index in [1.54, 1.807) is 12.2 Å². The van der Waals surface area contributed by atoms with Crippen LogP contribution in [0.15, 0.2) is 12.2 Å². The molecule has 0 aliphatic rings. The number of rotatable bonds is 4. The van der Waals surface area contributed by atoms with Crippen molar-refractivity contribution in [3.63, 3.8) is 0 Å². The van der Waals surface area contributed by atoms with Gasteiger partial charge < -0.3 is 22.2 Å². The van der Waals surface area contributed by atoms with E-state index in [0.717, 1.165) is 10.9 Å². The maximum absolute atomic E-state index is 11.3. The highest BCUT2D eigenvalue weighted by molar-refractivity contribution is 5.87.